The van der Waals surface area contributed by atoms with Gasteiger partial charge in [0, 0.05) is 20.1 Å². The smallest absolute Gasteiger partial charge is 0.234 e. The first kappa shape index (κ1) is 20.2. The predicted octanol–water partition coefficient (Wildman–Crippen LogP) is 2.29. The van der Waals surface area contributed by atoms with Gasteiger partial charge < -0.3 is 0 Å². The number of para-hydroxylation sites is 1. The first-order chi connectivity index (χ1) is 11.7. The van der Waals surface area contributed by atoms with Crippen LogP contribution < -0.4 is 4.31 Å². The van der Waals surface area contributed by atoms with Gasteiger partial charge in [0.05, 0.1) is 17.2 Å². The SMILES string of the molecule is CC1CCN(S(=O)(=O)CCCCS(=O)(=O)N(C)c2ccccc2)CC1. The molecular formula is C17H28N2O4S2. The van der Waals surface area contributed by atoms with Gasteiger partial charge in [-0.1, -0.05) is 25.1 Å². The molecular weight excluding hydrogens is 360 g/mol. The van der Waals surface area contributed by atoms with Crippen molar-refractivity contribution in [3.8, 4) is 0 Å². The molecule has 0 spiro atoms. The fourth-order valence-electron chi connectivity index (χ4n) is 2.90. The van der Waals surface area contributed by atoms with Crippen LogP contribution in [0.2, 0.25) is 0 Å². The highest BCUT2D eigenvalue weighted by molar-refractivity contribution is 7.92. The average molecular weight is 389 g/mol. The van der Waals surface area contributed by atoms with E-state index >= 15 is 0 Å². The van der Waals surface area contributed by atoms with Crippen LogP contribution in [-0.4, -0.2) is 52.8 Å². The van der Waals surface area contributed by atoms with Crippen molar-refractivity contribution in [3.05, 3.63) is 30.3 Å². The van der Waals surface area contributed by atoms with Crippen molar-refractivity contribution in [1.29, 1.82) is 0 Å². The lowest BCUT2D eigenvalue weighted by atomic mass is 10.0. The zero-order chi connectivity index (χ0) is 18.5. The number of nitrogens with zero attached hydrogens (tertiary/aromatic N) is 2. The van der Waals surface area contributed by atoms with E-state index in [1.54, 1.807) is 28.6 Å². The second-order valence-electron chi connectivity index (χ2n) is 6.72. The molecule has 0 unspecified atom stereocenters. The van der Waals surface area contributed by atoms with Gasteiger partial charge in [-0.3, -0.25) is 4.31 Å². The molecule has 1 aromatic rings. The van der Waals surface area contributed by atoms with E-state index in [9.17, 15) is 16.8 Å². The van der Waals surface area contributed by atoms with Crippen LogP contribution in [0.15, 0.2) is 30.3 Å². The first-order valence-electron chi connectivity index (χ1n) is 8.72. The number of hydrogen-bond donors (Lipinski definition) is 0. The third-order valence-electron chi connectivity index (χ3n) is 4.73. The zero-order valence-electron chi connectivity index (χ0n) is 15.0. The average Bonchev–Trinajstić information content (AvgIpc) is 2.59. The van der Waals surface area contributed by atoms with Crippen LogP contribution in [0.25, 0.3) is 0 Å². The van der Waals surface area contributed by atoms with Crippen molar-refractivity contribution >= 4 is 25.7 Å². The molecule has 8 heteroatoms. The summed E-state index contributed by atoms with van der Waals surface area (Å²) in [6, 6.07) is 8.87. The van der Waals surface area contributed by atoms with Crippen LogP contribution in [-0.2, 0) is 20.0 Å². The van der Waals surface area contributed by atoms with Crippen molar-refractivity contribution in [2.75, 3.05) is 35.9 Å². The van der Waals surface area contributed by atoms with E-state index in [4.69, 9.17) is 0 Å². The summed E-state index contributed by atoms with van der Waals surface area (Å²) in [6.45, 7) is 3.30. The Hall–Kier alpha value is -1.12. The molecule has 0 bridgehead atoms. The molecule has 0 aliphatic carbocycles. The fraction of sp³-hybridized carbons (Fsp3) is 0.647. The van der Waals surface area contributed by atoms with E-state index in [2.05, 4.69) is 6.92 Å². The molecule has 25 heavy (non-hydrogen) atoms. The van der Waals surface area contributed by atoms with Crippen LogP contribution in [0.5, 0.6) is 0 Å². The van der Waals surface area contributed by atoms with Crippen molar-refractivity contribution in [2.24, 2.45) is 5.92 Å². The lowest BCUT2D eigenvalue weighted by Gasteiger charge is -2.29. The number of anilines is 1. The number of unbranched alkanes of at least 4 members (excludes halogenated alkanes) is 1. The van der Waals surface area contributed by atoms with Crippen LogP contribution in [0.1, 0.15) is 32.6 Å². The molecule has 1 saturated heterocycles. The van der Waals surface area contributed by atoms with Gasteiger partial charge in [-0.05, 0) is 43.7 Å². The number of rotatable bonds is 8. The van der Waals surface area contributed by atoms with Gasteiger partial charge in [-0.25, -0.2) is 21.1 Å². The lowest BCUT2D eigenvalue weighted by Crippen LogP contribution is -2.39. The highest BCUT2D eigenvalue weighted by atomic mass is 32.2. The third kappa shape index (κ3) is 5.69. The summed E-state index contributed by atoms with van der Waals surface area (Å²) in [5.41, 5.74) is 0.609. The molecule has 2 rings (SSSR count). The van der Waals surface area contributed by atoms with Crippen LogP contribution in [0.4, 0.5) is 5.69 Å². The molecule has 0 saturated carbocycles. The number of sulfonamides is 2. The quantitative estimate of drug-likeness (QED) is 0.641. The van der Waals surface area contributed by atoms with Crippen molar-refractivity contribution in [2.45, 2.75) is 32.6 Å². The minimum atomic E-state index is -3.44. The molecule has 1 aliphatic rings. The Morgan fingerprint density at radius 2 is 1.56 bits per heavy atom. The highest BCUT2D eigenvalue weighted by Crippen LogP contribution is 2.20. The van der Waals surface area contributed by atoms with Crippen LogP contribution in [0, 0.1) is 5.92 Å². The summed E-state index contributed by atoms with van der Waals surface area (Å²) in [4.78, 5) is 0. The number of hydrogen-bond acceptors (Lipinski definition) is 4. The van der Waals surface area contributed by atoms with Crippen LogP contribution >= 0.6 is 0 Å². The molecule has 142 valence electrons. The molecule has 1 fully saturated rings. The maximum Gasteiger partial charge on any atom is 0.234 e. The Kier molecular flexibility index (Phi) is 6.87. The topological polar surface area (TPSA) is 74.8 Å². The van der Waals surface area contributed by atoms with E-state index in [0.29, 0.717) is 37.5 Å². The van der Waals surface area contributed by atoms with E-state index in [1.165, 1.54) is 11.4 Å². The molecule has 1 aliphatic heterocycles. The molecule has 0 atom stereocenters. The van der Waals surface area contributed by atoms with Gasteiger partial charge in [0.2, 0.25) is 20.0 Å². The summed E-state index contributed by atoms with van der Waals surface area (Å²) in [6.07, 6.45) is 2.49. The minimum absolute atomic E-state index is 0.0198. The van der Waals surface area contributed by atoms with Crippen molar-refractivity contribution < 1.29 is 16.8 Å². The third-order valence-corrected chi connectivity index (χ3v) is 8.53. The van der Waals surface area contributed by atoms with Gasteiger partial charge in [0.25, 0.3) is 0 Å². The second kappa shape index (κ2) is 8.51. The monoisotopic (exact) mass is 388 g/mol. The summed E-state index contributed by atoms with van der Waals surface area (Å²) < 4.78 is 52.2. The van der Waals surface area contributed by atoms with Crippen molar-refractivity contribution in [1.82, 2.24) is 4.31 Å². The largest absolute Gasteiger partial charge is 0.273 e. The van der Waals surface area contributed by atoms with E-state index in [0.717, 1.165) is 12.8 Å². The van der Waals surface area contributed by atoms with Gasteiger partial charge in [0.1, 0.15) is 0 Å². The standard InChI is InChI=1S/C17H28N2O4S2/c1-16-10-12-19(13-11-16)25(22,23)15-7-6-14-24(20,21)18(2)17-8-4-3-5-9-17/h3-5,8-9,16H,6-7,10-15H2,1-2H3. The lowest BCUT2D eigenvalue weighted by molar-refractivity contribution is 0.288. The van der Waals surface area contributed by atoms with Gasteiger partial charge in [-0.15, -0.1) is 0 Å². The number of piperidine rings is 1. The zero-order valence-corrected chi connectivity index (χ0v) is 16.6. The van der Waals surface area contributed by atoms with E-state index in [1.807, 2.05) is 6.07 Å². The fourth-order valence-corrected chi connectivity index (χ4v) is 5.78. The van der Waals surface area contributed by atoms with Gasteiger partial charge >= 0.3 is 0 Å². The normalized spacial score (nSPS) is 17.5. The molecule has 1 aromatic carbocycles. The van der Waals surface area contributed by atoms with Gasteiger partial charge in [-0.2, -0.15) is 0 Å². The second-order valence-corrected chi connectivity index (χ2v) is 10.9. The molecule has 0 N–H and O–H groups in total. The van der Waals surface area contributed by atoms with E-state index in [-0.39, 0.29) is 11.5 Å². The molecule has 6 nitrogen and oxygen atoms in total. The summed E-state index contributed by atoms with van der Waals surface area (Å²) in [7, 11) is -5.19. The molecule has 1 heterocycles. The van der Waals surface area contributed by atoms with Crippen molar-refractivity contribution in [3.63, 3.8) is 0 Å². The summed E-state index contributed by atoms with van der Waals surface area (Å²) in [5, 5.41) is 0. The predicted molar refractivity (Wildman–Crippen MR) is 102 cm³/mol. The first-order valence-corrected chi connectivity index (χ1v) is 11.9. The summed E-state index contributed by atoms with van der Waals surface area (Å²) >= 11 is 0. The Bertz CT molecular complexity index is 740. The van der Waals surface area contributed by atoms with E-state index < -0.39 is 20.0 Å². The van der Waals surface area contributed by atoms with Gasteiger partial charge in [0.15, 0.2) is 0 Å². The Labute approximate surface area is 151 Å². The maximum absolute atomic E-state index is 12.4. The number of benzene rings is 1. The summed E-state index contributed by atoms with van der Waals surface area (Å²) in [5.74, 6) is 0.543. The minimum Gasteiger partial charge on any atom is -0.273 e. The van der Waals surface area contributed by atoms with Crippen LogP contribution in [0.3, 0.4) is 0 Å². The molecule has 0 radical (unpaired) electrons. The Balaban J connectivity index is 1.82. The Morgan fingerprint density at radius 3 is 2.16 bits per heavy atom. The highest BCUT2D eigenvalue weighted by Gasteiger charge is 2.26. The maximum atomic E-state index is 12.4. The molecule has 0 aromatic heterocycles. The molecule has 0 amide bonds. The Morgan fingerprint density at radius 1 is 1.00 bits per heavy atom.